The summed E-state index contributed by atoms with van der Waals surface area (Å²) < 4.78 is 0. The lowest BCUT2D eigenvalue weighted by Gasteiger charge is -2.24. The molecule has 0 aliphatic carbocycles. The first kappa shape index (κ1) is 18.0. The summed E-state index contributed by atoms with van der Waals surface area (Å²) in [4.78, 5) is 11.5. The molecule has 1 aromatic carbocycles. The second kappa shape index (κ2) is 8.41. The zero-order valence-electron chi connectivity index (χ0n) is 11.4. The lowest BCUT2D eigenvalue weighted by Crippen LogP contribution is -2.50. The van der Waals surface area contributed by atoms with Crippen molar-refractivity contribution in [2.45, 2.75) is 24.4 Å². The summed E-state index contributed by atoms with van der Waals surface area (Å²) in [5.41, 5.74) is 2.22. The number of aromatic hydroxyl groups is 1. The van der Waals surface area contributed by atoms with E-state index in [4.69, 9.17) is 10.2 Å². The van der Waals surface area contributed by atoms with E-state index < -0.39 is 36.9 Å². The van der Waals surface area contributed by atoms with Crippen molar-refractivity contribution in [3.63, 3.8) is 0 Å². The van der Waals surface area contributed by atoms with Gasteiger partial charge in [0.05, 0.1) is 12.8 Å². The highest BCUT2D eigenvalue weighted by molar-refractivity contribution is 5.86. The fourth-order valence-electron chi connectivity index (χ4n) is 1.51. The number of amides is 1. The van der Waals surface area contributed by atoms with Gasteiger partial charge < -0.3 is 30.6 Å². The number of para-hydroxylation sites is 1. The summed E-state index contributed by atoms with van der Waals surface area (Å²) in [6, 6.07) is 6.17. The summed E-state index contributed by atoms with van der Waals surface area (Å²) in [5.74, 6) is -1.20. The topological polar surface area (TPSA) is 163 Å². The van der Waals surface area contributed by atoms with Crippen LogP contribution in [0.1, 0.15) is 5.56 Å². The highest BCUT2D eigenvalue weighted by Gasteiger charge is 2.34. The number of nitrogens with one attached hydrogen (secondary N) is 1. The molecule has 9 heteroatoms. The number of rotatable bonds is 7. The van der Waals surface area contributed by atoms with Gasteiger partial charge in [-0.3, -0.25) is 4.79 Å². The van der Waals surface area contributed by atoms with E-state index >= 15 is 0 Å². The van der Waals surface area contributed by atoms with Crippen LogP contribution < -0.4 is 5.43 Å². The van der Waals surface area contributed by atoms with E-state index in [1.54, 1.807) is 12.1 Å². The van der Waals surface area contributed by atoms with Crippen molar-refractivity contribution in [2.24, 2.45) is 5.10 Å². The Kier molecular flexibility index (Phi) is 6.89. The minimum atomic E-state index is -2.07. The standard InChI is InChI=1S/C13H18N2O7/c16-6-9(18)10(19)11(20)12(21)13(22)15-14-5-7-3-1-2-4-8(7)17/h1-5,9-12,16-21H,6H2,(H,15,22)/b14-5-/t9-,10-,11-,12-/m1/s1. The Morgan fingerprint density at radius 1 is 1.18 bits per heavy atom. The van der Waals surface area contributed by atoms with Crippen molar-refractivity contribution < 1.29 is 35.4 Å². The maximum absolute atomic E-state index is 11.5. The fourth-order valence-corrected chi connectivity index (χ4v) is 1.51. The van der Waals surface area contributed by atoms with Crippen LogP contribution >= 0.6 is 0 Å². The van der Waals surface area contributed by atoms with Crippen LogP contribution in [0.15, 0.2) is 29.4 Å². The molecule has 4 atom stereocenters. The molecule has 9 nitrogen and oxygen atoms in total. The van der Waals surface area contributed by atoms with Gasteiger partial charge in [0.2, 0.25) is 0 Å². The number of aliphatic hydroxyl groups is 5. The molecule has 0 spiro atoms. The third-order valence-electron chi connectivity index (χ3n) is 2.84. The van der Waals surface area contributed by atoms with E-state index in [-0.39, 0.29) is 5.75 Å². The second-order valence-corrected chi connectivity index (χ2v) is 4.47. The number of phenols is 1. The third kappa shape index (κ3) is 4.76. The van der Waals surface area contributed by atoms with Crippen LogP contribution in [0.2, 0.25) is 0 Å². The summed E-state index contributed by atoms with van der Waals surface area (Å²) >= 11 is 0. The number of phenolic OH excluding ortho intramolecular Hbond substituents is 1. The Bertz CT molecular complexity index is 523. The van der Waals surface area contributed by atoms with E-state index in [1.165, 1.54) is 12.1 Å². The zero-order valence-corrected chi connectivity index (χ0v) is 11.4. The largest absolute Gasteiger partial charge is 0.507 e. The Morgan fingerprint density at radius 2 is 1.82 bits per heavy atom. The van der Waals surface area contributed by atoms with Crippen LogP contribution in [-0.4, -0.2) is 73.8 Å². The molecule has 0 fully saturated rings. The van der Waals surface area contributed by atoms with Crippen LogP contribution in [0.5, 0.6) is 5.75 Å². The van der Waals surface area contributed by atoms with E-state index in [2.05, 4.69) is 5.10 Å². The Balaban J connectivity index is 2.59. The predicted molar refractivity (Wildman–Crippen MR) is 75.0 cm³/mol. The normalized spacial score (nSPS) is 17.0. The third-order valence-corrected chi connectivity index (χ3v) is 2.84. The molecular weight excluding hydrogens is 296 g/mol. The number of aliphatic hydroxyl groups excluding tert-OH is 5. The van der Waals surface area contributed by atoms with Crippen molar-refractivity contribution in [1.82, 2.24) is 5.43 Å². The summed E-state index contributed by atoms with van der Waals surface area (Å²) in [7, 11) is 0. The molecular formula is C13H18N2O7. The summed E-state index contributed by atoms with van der Waals surface area (Å²) in [5, 5.41) is 59.1. The van der Waals surface area contributed by atoms with E-state index in [9.17, 15) is 25.2 Å². The minimum Gasteiger partial charge on any atom is -0.507 e. The van der Waals surface area contributed by atoms with Gasteiger partial charge in [-0.2, -0.15) is 5.10 Å². The molecule has 0 saturated carbocycles. The summed E-state index contributed by atoms with van der Waals surface area (Å²) in [6.07, 6.45) is -6.58. The lowest BCUT2D eigenvalue weighted by atomic mass is 10.0. The number of nitrogens with zero attached hydrogens (tertiary/aromatic N) is 1. The van der Waals surface area contributed by atoms with Crippen LogP contribution in [-0.2, 0) is 4.79 Å². The monoisotopic (exact) mass is 314 g/mol. The minimum absolute atomic E-state index is 0.0671. The van der Waals surface area contributed by atoms with Crippen molar-refractivity contribution in [1.29, 1.82) is 0 Å². The highest BCUT2D eigenvalue weighted by atomic mass is 16.4. The van der Waals surface area contributed by atoms with Crippen molar-refractivity contribution in [2.75, 3.05) is 6.61 Å². The van der Waals surface area contributed by atoms with Gasteiger partial charge in [0.15, 0.2) is 6.10 Å². The quantitative estimate of drug-likeness (QED) is 0.212. The van der Waals surface area contributed by atoms with Crippen molar-refractivity contribution in [3.05, 3.63) is 29.8 Å². The van der Waals surface area contributed by atoms with Gasteiger partial charge in [0, 0.05) is 5.56 Å². The maximum atomic E-state index is 11.5. The fraction of sp³-hybridized carbons (Fsp3) is 0.385. The molecule has 0 saturated heterocycles. The number of hydrogen-bond acceptors (Lipinski definition) is 8. The van der Waals surface area contributed by atoms with Crippen LogP contribution in [0.25, 0.3) is 0 Å². The molecule has 122 valence electrons. The molecule has 22 heavy (non-hydrogen) atoms. The van der Waals surface area contributed by atoms with E-state index in [0.717, 1.165) is 6.21 Å². The number of carbonyl (C=O) groups is 1. The number of carbonyl (C=O) groups excluding carboxylic acids is 1. The van der Waals surface area contributed by atoms with Gasteiger partial charge in [-0.15, -0.1) is 0 Å². The highest BCUT2D eigenvalue weighted by Crippen LogP contribution is 2.12. The van der Waals surface area contributed by atoms with Gasteiger partial charge in [-0.25, -0.2) is 5.43 Å². The second-order valence-electron chi connectivity index (χ2n) is 4.47. The molecule has 0 aliphatic rings. The molecule has 0 heterocycles. The van der Waals surface area contributed by atoms with Gasteiger partial charge in [0.25, 0.3) is 5.91 Å². The molecule has 0 aromatic heterocycles. The Hall–Kier alpha value is -2.04. The first-order valence-electron chi connectivity index (χ1n) is 6.32. The van der Waals surface area contributed by atoms with E-state index in [1.807, 2.05) is 5.43 Å². The van der Waals surface area contributed by atoms with Gasteiger partial charge >= 0.3 is 0 Å². The van der Waals surface area contributed by atoms with Gasteiger partial charge in [0.1, 0.15) is 24.1 Å². The summed E-state index contributed by atoms with van der Waals surface area (Å²) in [6.45, 7) is -0.849. The molecule has 1 rings (SSSR count). The first-order valence-corrected chi connectivity index (χ1v) is 6.32. The molecule has 0 bridgehead atoms. The average Bonchev–Trinajstić information content (AvgIpc) is 2.53. The molecule has 1 amide bonds. The molecule has 0 radical (unpaired) electrons. The van der Waals surface area contributed by atoms with E-state index in [0.29, 0.717) is 5.56 Å². The SMILES string of the molecule is O=C(N/N=C\c1ccccc1O)[C@H](O)[C@H](O)[C@H](O)[C@H](O)CO. The predicted octanol–water partition coefficient (Wildman–Crippen LogP) is -2.72. The zero-order chi connectivity index (χ0) is 16.7. The Morgan fingerprint density at radius 3 is 2.41 bits per heavy atom. The van der Waals surface area contributed by atoms with Gasteiger partial charge in [-0.1, -0.05) is 12.1 Å². The molecule has 7 N–H and O–H groups in total. The van der Waals surface area contributed by atoms with Crippen LogP contribution in [0.3, 0.4) is 0 Å². The van der Waals surface area contributed by atoms with Gasteiger partial charge in [-0.05, 0) is 12.1 Å². The van der Waals surface area contributed by atoms with Crippen LogP contribution in [0.4, 0.5) is 0 Å². The van der Waals surface area contributed by atoms with Crippen molar-refractivity contribution >= 4 is 12.1 Å². The average molecular weight is 314 g/mol. The lowest BCUT2D eigenvalue weighted by molar-refractivity contribution is -0.148. The number of benzene rings is 1. The number of hydrogen-bond donors (Lipinski definition) is 7. The smallest absolute Gasteiger partial charge is 0.271 e. The molecule has 1 aromatic rings. The Labute approximate surface area is 125 Å². The molecule has 0 unspecified atom stereocenters. The van der Waals surface area contributed by atoms with Crippen molar-refractivity contribution in [3.8, 4) is 5.75 Å². The van der Waals surface area contributed by atoms with Crippen LogP contribution in [0, 0.1) is 0 Å². The first-order chi connectivity index (χ1) is 10.4. The number of hydrazone groups is 1. The maximum Gasteiger partial charge on any atom is 0.271 e. The molecule has 0 aliphatic heterocycles.